The summed E-state index contributed by atoms with van der Waals surface area (Å²) in [5.41, 5.74) is 1.27. The van der Waals surface area contributed by atoms with E-state index >= 15 is 0 Å². The molecule has 0 unspecified atom stereocenters. The van der Waals surface area contributed by atoms with Crippen LogP contribution in [0.15, 0.2) is 29.3 Å². The first kappa shape index (κ1) is 20.2. The number of guanidine groups is 1. The number of rotatable bonds is 8. The van der Waals surface area contributed by atoms with Crippen molar-refractivity contribution in [1.29, 1.82) is 0 Å². The highest BCUT2D eigenvalue weighted by Crippen LogP contribution is 2.14. The highest BCUT2D eigenvalue weighted by atomic mass is 16.5. The van der Waals surface area contributed by atoms with E-state index in [1.807, 2.05) is 12.1 Å². The largest absolute Gasteiger partial charge is 0.497 e. The maximum Gasteiger partial charge on any atom is 0.191 e. The van der Waals surface area contributed by atoms with E-state index in [0.29, 0.717) is 6.54 Å². The van der Waals surface area contributed by atoms with Gasteiger partial charge >= 0.3 is 0 Å². The Balaban J connectivity index is 1.49. The van der Waals surface area contributed by atoms with Gasteiger partial charge in [-0.05, 0) is 43.9 Å². The van der Waals surface area contributed by atoms with Gasteiger partial charge in [-0.1, -0.05) is 18.6 Å². The number of nitrogens with zero attached hydrogens (tertiary/aromatic N) is 4. The highest BCUT2D eigenvalue weighted by molar-refractivity contribution is 5.79. The van der Waals surface area contributed by atoms with Gasteiger partial charge in [0.05, 0.1) is 7.11 Å². The molecule has 0 amide bonds. The van der Waals surface area contributed by atoms with Crippen LogP contribution in [0, 0.1) is 0 Å². The second-order valence-electron chi connectivity index (χ2n) is 7.03. The second kappa shape index (κ2) is 10.7. The average Bonchev–Trinajstić information content (AvgIpc) is 2.95. The van der Waals surface area contributed by atoms with Gasteiger partial charge in [-0.25, -0.2) is 0 Å². The zero-order valence-electron chi connectivity index (χ0n) is 17.1. The van der Waals surface area contributed by atoms with Crippen molar-refractivity contribution in [1.82, 2.24) is 25.4 Å². The third kappa shape index (κ3) is 5.71. The molecule has 1 aromatic carbocycles. The van der Waals surface area contributed by atoms with E-state index in [1.54, 1.807) is 7.11 Å². The van der Waals surface area contributed by atoms with Crippen LogP contribution in [-0.2, 0) is 25.8 Å². The summed E-state index contributed by atoms with van der Waals surface area (Å²) in [6.45, 7) is 5.50. The van der Waals surface area contributed by atoms with Crippen LogP contribution >= 0.6 is 0 Å². The molecule has 28 heavy (non-hydrogen) atoms. The Bertz CT molecular complexity index is 753. The minimum absolute atomic E-state index is 0.704. The summed E-state index contributed by atoms with van der Waals surface area (Å²) in [5, 5.41) is 15.5. The summed E-state index contributed by atoms with van der Waals surface area (Å²) in [7, 11) is 1.69. The standard InChI is InChI=1S/C21H32N6O/c1-3-22-21(23-14-12-17-8-10-18(28-2)11-9-17)24-15-13-20-26-25-19-7-5-4-6-16-27(19)20/h8-11H,3-7,12-16H2,1-2H3,(H2,22,23,24). The molecule has 7 heteroatoms. The normalized spacial score (nSPS) is 14.3. The van der Waals surface area contributed by atoms with Crippen molar-refractivity contribution < 1.29 is 4.74 Å². The molecular formula is C21H32N6O. The molecule has 0 fully saturated rings. The summed E-state index contributed by atoms with van der Waals surface area (Å²) in [6.07, 6.45) is 6.53. The lowest BCUT2D eigenvalue weighted by molar-refractivity contribution is 0.414. The molecule has 0 saturated carbocycles. The van der Waals surface area contributed by atoms with Crippen LogP contribution in [0.4, 0.5) is 0 Å². The topological polar surface area (TPSA) is 76.4 Å². The van der Waals surface area contributed by atoms with Crippen LogP contribution in [0.5, 0.6) is 5.75 Å². The number of hydrogen-bond acceptors (Lipinski definition) is 4. The third-order valence-corrected chi connectivity index (χ3v) is 5.00. The minimum atomic E-state index is 0.704. The van der Waals surface area contributed by atoms with E-state index in [2.05, 4.69) is 44.5 Å². The lowest BCUT2D eigenvalue weighted by atomic mass is 10.1. The average molecular weight is 385 g/mol. The fourth-order valence-electron chi connectivity index (χ4n) is 3.46. The molecule has 3 rings (SSSR count). The Morgan fingerprint density at radius 1 is 1.11 bits per heavy atom. The van der Waals surface area contributed by atoms with Gasteiger partial charge in [-0.2, -0.15) is 0 Å². The molecule has 1 aliphatic rings. The van der Waals surface area contributed by atoms with E-state index in [-0.39, 0.29) is 0 Å². The van der Waals surface area contributed by atoms with E-state index < -0.39 is 0 Å². The number of ether oxygens (including phenoxy) is 1. The van der Waals surface area contributed by atoms with Crippen molar-refractivity contribution in [3.8, 4) is 5.75 Å². The summed E-state index contributed by atoms with van der Waals surface area (Å²) in [4.78, 5) is 4.71. The van der Waals surface area contributed by atoms with Gasteiger partial charge in [-0.3, -0.25) is 4.99 Å². The molecule has 0 saturated heterocycles. The van der Waals surface area contributed by atoms with E-state index in [9.17, 15) is 0 Å². The van der Waals surface area contributed by atoms with Crippen molar-refractivity contribution in [3.05, 3.63) is 41.5 Å². The van der Waals surface area contributed by atoms with Gasteiger partial charge < -0.3 is 19.9 Å². The van der Waals surface area contributed by atoms with Crippen molar-refractivity contribution in [2.24, 2.45) is 4.99 Å². The predicted octanol–water partition coefficient (Wildman–Crippen LogP) is 2.35. The Hall–Kier alpha value is -2.57. The lowest BCUT2D eigenvalue weighted by Gasteiger charge is -2.12. The first-order chi connectivity index (χ1) is 13.8. The molecule has 2 N–H and O–H groups in total. The fraction of sp³-hybridized carbons (Fsp3) is 0.571. The summed E-state index contributed by atoms with van der Waals surface area (Å²) < 4.78 is 7.50. The number of methoxy groups -OCH3 is 1. The summed E-state index contributed by atoms with van der Waals surface area (Å²) >= 11 is 0. The first-order valence-electron chi connectivity index (χ1n) is 10.4. The van der Waals surface area contributed by atoms with E-state index in [0.717, 1.165) is 62.3 Å². The Labute approximate surface area is 167 Å². The molecule has 7 nitrogen and oxygen atoms in total. The number of nitrogens with one attached hydrogen (secondary N) is 2. The number of aliphatic imine (C=N–C) groups is 1. The van der Waals surface area contributed by atoms with Gasteiger partial charge in [0.2, 0.25) is 0 Å². The molecule has 1 aromatic heterocycles. The molecule has 0 bridgehead atoms. The predicted molar refractivity (Wildman–Crippen MR) is 112 cm³/mol. The lowest BCUT2D eigenvalue weighted by Crippen LogP contribution is -2.38. The number of aryl methyl sites for hydroxylation is 1. The summed E-state index contributed by atoms with van der Waals surface area (Å²) in [5.74, 6) is 3.94. The van der Waals surface area contributed by atoms with Gasteiger partial charge in [0.15, 0.2) is 5.96 Å². The van der Waals surface area contributed by atoms with Crippen molar-refractivity contribution in [2.75, 3.05) is 26.7 Å². The second-order valence-corrected chi connectivity index (χ2v) is 7.03. The van der Waals surface area contributed by atoms with E-state index in [4.69, 9.17) is 9.73 Å². The maximum atomic E-state index is 5.20. The van der Waals surface area contributed by atoms with Gasteiger partial charge in [0, 0.05) is 39.0 Å². The van der Waals surface area contributed by atoms with Crippen LogP contribution in [0.25, 0.3) is 0 Å². The molecule has 1 aliphatic heterocycles. The summed E-state index contributed by atoms with van der Waals surface area (Å²) in [6, 6.07) is 8.19. The molecule has 0 aliphatic carbocycles. The quantitative estimate of drug-likeness (QED) is 0.540. The number of hydrogen-bond donors (Lipinski definition) is 2. The van der Waals surface area contributed by atoms with Crippen molar-refractivity contribution in [3.63, 3.8) is 0 Å². The highest BCUT2D eigenvalue weighted by Gasteiger charge is 2.14. The van der Waals surface area contributed by atoms with Crippen molar-refractivity contribution in [2.45, 2.75) is 52.0 Å². The zero-order valence-corrected chi connectivity index (χ0v) is 17.1. The van der Waals surface area contributed by atoms with Gasteiger partial charge in [0.1, 0.15) is 17.4 Å². The minimum Gasteiger partial charge on any atom is -0.497 e. The Morgan fingerprint density at radius 2 is 1.96 bits per heavy atom. The van der Waals surface area contributed by atoms with Crippen LogP contribution < -0.4 is 15.4 Å². The fourth-order valence-corrected chi connectivity index (χ4v) is 3.46. The molecule has 152 valence electrons. The maximum absolute atomic E-state index is 5.20. The van der Waals surface area contributed by atoms with Crippen LogP contribution in [0.1, 0.15) is 43.4 Å². The molecular weight excluding hydrogens is 352 g/mol. The Kier molecular flexibility index (Phi) is 7.70. The number of benzene rings is 1. The third-order valence-electron chi connectivity index (χ3n) is 5.00. The number of aromatic nitrogens is 3. The van der Waals surface area contributed by atoms with Crippen molar-refractivity contribution >= 4 is 5.96 Å². The van der Waals surface area contributed by atoms with Crippen LogP contribution in [0.2, 0.25) is 0 Å². The number of fused-ring (bicyclic) bond motifs is 1. The van der Waals surface area contributed by atoms with Gasteiger partial charge in [-0.15, -0.1) is 10.2 Å². The Morgan fingerprint density at radius 3 is 2.75 bits per heavy atom. The molecule has 0 spiro atoms. The van der Waals surface area contributed by atoms with E-state index in [1.165, 1.54) is 24.8 Å². The molecule has 0 atom stereocenters. The smallest absolute Gasteiger partial charge is 0.191 e. The molecule has 2 aromatic rings. The first-order valence-corrected chi connectivity index (χ1v) is 10.4. The SMILES string of the molecule is CCNC(=NCCc1nnc2n1CCCCC2)NCCc1ccc(OC)cc1. The van der Waals surface area contributed by atoms with Crippen LogP contribution in [0.3, 0.4) is 0 Å². The molecule has 0 radical (unpaired) electrons. The van der Waals surface area contributed by atoms with Gasteiger partial charge in [0.25, 0.3) is 0 Å². The molecule has 2 heterocycles. The zero-order chi connectivity index (χ0) is 19.6. The monoisotopic (exact) mass is 384 g/mol. The van der Waals surface area contributed by atoms with Crippen LogP contribution in [-0.4, -0.2) is 47.5 Å².